The molecule has 4 nitrogen and oxygen atoms in total. The Bertz CT molecular complexity index is 643. The van der Waals surface area contributed by atoms with Crippen molar-refractivity contribution in [3.8, 4) is 0 Å². The van der Waals surface area contributed by atoms with E-state index in [1.165, 1.54) is 61.7 Å². The average molecular weight is 357 g/mol. The smallest absolute Gasteiger partial charge is 0.0662 e. The molecule has 25 heavy (non-hydrogen) atoms. The zero-order chi connectivity index (χ0) is 16.9. The van der Waals surface area contributed by atoms with Crippen molar-refractivity contribution in [2.24, 2.45) is 0 Å². The van der Waals surface area contributed by atoms with Crippen LogP contribution in [0.4, 0.5) is 0 Å². The molecule has 0 spiro atoms. The summed E-state index contributed by atoms with van der Waals surface area (Å²) < 4.78 is 2.01. The van der Waals surface area contributed by atoms with Crippen LogP contribution in [0.15, 0.2) is 42.7 Å². The predicted molar refractivity (Wildman–Crippen MR) is 105 cm³/mol. The van der Waals surface area contributed by atoms with Gasteiger partial charge in [0.05, 0.1) is 6.54 Å². The average Bonchev–Trinajstić information content (AvgIpc) is 3.18. The van der Waals surface area contributed by atoms with E-state index in [1.807, 2.05) is 23.1 Å². The molecule has 0 radical (unpaired) electrons. The van der Waals surface area contributed by atoms with Gasteiger partial charge in [0.1, 0.15) is 0 Å². The van der Waals surface area contributed by atoms with Crippen molar-refractivity contribution >= 4 is 11.8 Å². The Balaban J connectivity index is 1.34. The molecule has 1 aromatic heterocycles. The molecule has 0 saturated carbocycles. The fourth-order valence-corrected chi connectivity index (χ4v) is 4.99. The molecule has 0 N–H and O–H groups in total. The van der Waals surface area contributed by atoms with Gasteiger partial charge in [-0.15, -0.1) is 0 Å². The number of thioether (sulfide) groups is 1. The van der Waals surface area contributed by atoms with Crippen LogP contribution in [0.25, 0.3) is 0 Å². The topological polar surface area (TPSA) is 24.3 Å². The minimum Gasteiger partial charge on any atom is -0.299 e. The third-order valence-corrected chi connectivity index (χ3v) is 6.47. The zero-order valence-electron chi connectivity index (χ0n) is 14.9. The molecular weight excluding hydrogens is 328 g/mol. The lowest BCUT2D eigenvalue weighted by atomic mass is 10.0. The van der Waals surface area contributed by atoms with E-state index in [2.05, 4.69) is 50.9 Å². The van der Waals surface area contributed by atoms with E-state index in [-0.39, 0.29) is 0 Å². The first-order valence-corrected chi connectivity index (χ1v) is 10.6. The van der Waals surface area contributed by atoms with Crippen LogP contribution in [0, 0.1) is 0 Å². The lowest BCUT2D eigenvalue weighted by Crippen LogP contribution is -2.47. The van der Waals surface area contributed by atoms with Gasteiger partial charge in [-0.3, -0.25) is 14.5 Å². The number of hydrogen-bond donors (Lipinski definition) is 0. The first-order valence-electron chi connectivity index (χ1n) is 9.47. The number of rotatable bonds is 5. The third-order valence-electron chi connectivity index (χ3n) is 5.52. The summed E-state index contributed by atoms with van der Waals surface area (Å²) in [6.07, 6.45) is 6.55. The number of likely N-dealkylation sites (tertiary alicyclic amines) is 1. The molecule has 0 atom stereocenters. The lowest BCUT2D eigenvalue weighted by Gasteiger charge is -2.40. The third kappa shape index (κ3) is 4.46. The molecule has 1 aromatic carbocycles. The number of benzene rings is 1. The maximum Gasteiger partial charge on any atom is 0.0662 e. The van der Waals surface area contributed by atoms with Crippen LogP contribution in [0.1, 0.15) is 24.0 Å². The molecule has 5 heteroatoms. The van der Waals surface area contributed by atoms with Crippen molar-refractivity contribution < 1.29 is 0 Å². The SMILES string of the molecule is c1ccc(Cn2cccn2)c(CN2CCC(N3CCSCC3)CC2)c1. The Morgan fingerprint density at radius 3 is 2.32 bits per heavy atom. The van der Waals surface area contributed by atoms with Crippen LogP contribution >= 0.6 is 11.8 Å². The van der Waals surface area contributed by atoms with Gasteiger partial charge in [0, 0.05) is 49.6 Å². The van der Waals surface area contributed by atoms with Crippen LogP contribution in [-0.4, -0.2) is 63.3 Å². The summed E-state index contributed by atoms with van der Waals surface area (Å²) in [4.78, 5) is 5.37. The Labute approximate surface area is 155 Å². The van der Waals surface area contributed by atoms with Crippen molar-refractivity contribution in [3.05, 3.63) is 53.9 Å². The predicted octanol–water partition coefficient (Wildman–Crippen LogP) is 2.94. The van der Waals surface area contributed by atoms with E-state index in [0.717, 1.165) is 19.1 Å². The Morgan fingerprint density at radius 1 is 0.920 bits per heavy atom. The fourth-order valence-electron chi connectivity index (χ4n) is 4.06. The molecule has 0 unspecified atom stereocenters. The molecule has 0 amide bonds. The van der Waals surface area contributed by atoms with Crippen molar-refractivity contribution in [2.45, 2.75) is 32.0 Å². The summed E-state index contributed by atoms with van der Waals surface area (Å²) in [6.45, 7) is 6.98. The quantitative estimate of drug-likeness (QED) is 0.822. The highest BCUT2D eigenvalue weighted by Gasteiger charge is 2.25. The van der Waals surface area contributed by atoms with Gasteiger partial charge in [0.25, 0.3) is 0 Å². The van der Waals surface area contributed by atoms with E-state index in [0.29, 0.717) is 0 Å². The summed E-state index contributed by atoms with van der Waals surface area (Å²) in [7, 11) is 0. The first-order chi connectivity index (χ1) is 12.4. The number of aromatic nitrogens is 2. The van der Waals surface area contributed by atoms with Gasteiger partial charge >= 0.3 is 0 Å². The first kappa shape index (κ1) is 17.1. The van der Waals surface area contributed by atoms with E-state index >= 15 is 0 Å². The standard InChI is InChI=1S/C20H28N4S/c1-2-5-19(17-24-9-3-8-21-24)18(4-1)16-22-10-6-20(7-11-22)23-12-14-25-15-13-23/h1-5,8-9,20H,6-7,10-17H2. The molecule has 2 saturated heterocycles. The number of hydrogen-bond acceptors (Lipinski definition) is 4. The van der Waals surface area contributed by atoms with Gasteiger partial charge in [-0.1, -0.05) is 24.3 Å². The van der Waals surface area contributed by atoms with E-state index in [1.54, 1.807) is 0 Å². The normalized spacial score (nSPS) is 20.8. The van der Waals surface area contributed by atoms with E-state index < -0.39 is 0 Å². The minimum absolute atomic E-state index is 0.816. The van der Waals surface area contributed by atoms with Crippen molar-refractivity contribution in [1.82, 2.24) is 19.6 Å². The van der Waals surface area contributed by atoms with Gasteiger partial charge in [0.2, 0.25) is 0 Å². The largest absolute Gasteiger partial charge is 0.299 e. The van der Waals surface area contributed by atoms with Gasteiger partial charge in [0.15, 0.2) is 0 Å². The molecule has 2 aliphatic heterocycles. The van der Waals surface area contributed by atoms with Crippen molar-refractivity contribution in [1.29, 1.82) is 0 Å². The fraction of sp³-hybridized carbons (Fsp3) is 0.550. The highest BCUT2D eigenvalue weighted by atomic mass is 32.2. The molecule has 2 aliphatic rings. The molecule has 0 aliphatic carbocycles. The Kier molecular flexibility index (Phi) is 5.75. The monoisotopic (exact) mass is 356 g/mol. The molecule has 134 valence electrons. The number of nitrogens with zero attached hydrogens (tertiary/aromatic N) is 4. The van der Waals surface area contributed by atoms with Crippen molar-refractivity contribution in [2.75, 3.05) is 37.7 Å². The molecular formula is C20H28N4S. The molecule has 2 fully saturated rings. The summed E-state index contributed by atoms with van der Waals surface area (Å²) in [5, 5.41) is 4.36. The maximum absolute atomic E-state index is 4.36. The summed E-state index contributed by atoms with van der Waals surface area (Å²) in [5.41, 5.74) is 2.84. The molecule has 0 bridgehead atoms. The second-order valence-corrected chi connectivity index (χ2v) is 8.35. The lowest BCUT2D eigenvalue weighted by molar-refractivity contribution is 0.112. The van der Waals surface area contributed by atoms with Gasteiger partial charge in [-0.05, 0) is 43.1 Å². The zero-order valence-corrected chi connectivity index (χ0v) is 15.7. The summed E-state index contributed by atoms with van der Waals surface area (Å²) in [6, 6.07) is 11.6. The van der Waals surface area contributed by atoms with Crippen LogP contribution < -0.4 is 0 Å². The van der Waals surface area contributed by atoms with Crippen LogP contribution in [0.5, 0.6) is 0 Å². The Morgan fingerprint density at radius 2 is 1.64 bits per heavy atom. The van der Waals surface area contributed by atoms with Crippen LogP contribution in [0.2, 0.25) is 0 Å². The van der Waals surface area contributed by atoms with Gasteiger partial charge in [-0.2, -0.15) is 16.9 Å². The summed E-state index contributed by atoms with van der Waals surface area (Å²) >= 11 is 2.11. The van der Waals surface area contributed by atoms with Crippen LogP contribution in [-0.2, 0) is 13.1 Å². The van der Waals surface area contributed by atoms with Gasteiger partial charge in [-0.25, -0.2) is 0 Å². The van der Waals surface area contributed by atoms with E-state index in [9.17, 15) is 0 Å². The van der Waals surface area contributed by atoms with Crippen LogP contribution in [0.3, 0.4) is 0 Å². The van der Waals surface area contributed by atoms with E-state index in [4.69, 9.17) is 0 Å². The molecule has 2 aromatic rings. The minimum atomic E-state index is 0.816. The Hall–Kier alpha value is -1.30. The second kappa shape index (κ2) is 8.39. The van der Waals surface area contributed by atoms with Gasteiger partial charge < -0.3 is 0 Å². The van der Waals surface area contributed by atoms with Crippen molar-refractivity contribution in [3.63, 3.8) is 0 Å². The maximum atomic E-state index is 4.36. The molecule has 3 heterocycles. The molecule has 4 rings (SSSR count). The highest BCUT2D eigenvalue weighted by Crippen LogP contribution is 2.22. The number of piperidine rings is 1. The second-order valence-electron chi connectivity index (χ2n) is 7.13. The summed E-state index contributed by atoms with van der Waals surface area (Å²) in [5.74, 6) is 2.64. The highest BCUT2D eigenvalue weighted by molar-refractivity contribution is 7.99.